The largest absolute Gasteiger partial charge is 0.507 e. The molecule has 2 aromatic heterocycles. The van der Waals surface area contributed by atoms with Crippen molar-refractivity contribution in [3.63, 3.8) is 0 Å². The number of aliphatic hydroxyl groups is 1. The van der Waals surface area contributed by atoms with Crippen molar-refractivity contribution in [1.82, 2.24) is 9.88 Å². The van der Waals surface area contributed by atoms with Crippen molar-refractivity contribution < 1.29 is 19.4 Å². The maximum atomic E-state index is 13.1. The molecule has 1 aliphatic rings. The van der Waals surface area contributed by atoms with E-state index in [1.54, 1.807) is 36.5 Å². The van der Waals surface area contributed by atoms with Crippen molar-refractivity contribution >= 4 is 40.4 Å². The number of Topliss-reactive ketones (excluding diaryl/α,β-unsaturated/α-hetero) is 1. The van der Waals surface area contributed by atoms with Gasteiger partial charge in [-0.15, -0.1) is 11.3 Å². The summed E-state index contributed by atoms with van der Waals surface area (Å²) < 4.78 is 5.38. The molecule has 158 valence electrons. The fourth-order valence-corrected chi connectivity index (χ4v) is 4.77. The molecule has 0 spiro atoms. The van der Waals surface area contributed by atoms with Crippen molar-refractivity contribution in [1.29, 1.82) is 0 Å². The van der Waals surface area contributed by atoms with E-state index in [1.807, 2.05) is 24.4 Å². The number of halogens is 1. The normalized spacial score (nSPS) is 17.9. The minimum atomic E-state index is -0.840. The monoisotopic (exact) mass is 454 g/mol. The summed E-state index contributed by atoms with van der Waals surface area (Å²) in [5, 5.41) is 13.5. The Morgan fingerprint density at radius 3 is 2.71 bits per heavy atom. The molecular formula is C23H19ClN2O4S. The van der Waals surface area contributed by atoms with Crippen LogP contribution in [0.5, 0.6) is 5.75 Å². The lowest BCUT2D eigenvalue weighted by molar-refractivity contribution is -0.140. The zero-order chi connectivity index (χ0) is 22.1. The Kier molecular flexibility index (Phi) is 5.80. The van der Waals surface area contributed by atoms with Gasteiger partial charge in [0.15, 0.2) is 0 Å². The van der Waals surface area contributed by atoms with Crippen LogP contribution in [0.1, 0.15) is 27.7 Å². The number of ether oxygens (including phenoxy) is 1. The van der Waals surface area contributed by atoms with E-state index in [-0.39, 0.29) is 29.2 Å². The second kappa shape index (κ2) is 8.53. The molecule has 1 aliphatic heterocycles. The molecule has 1 amide bonds. The number of carbonyl (C=O) groups excluding carboxylic acids is 2. The summed E-state index contributed by atoms with van der Waals surface area (Å²) in [7, 11) is 1.43. The summed E-state index contributed by atoms with van der Waals surface area (Å²) in [5.74, 6) is -1.58. The van der Waals surface area contributed by atoms with Crippen molar-refractivity contribution in [2.45, 2.75) is 19.5 Å². The number of nitrogens with zero attached hydrogens (tertiary/aromatic N) is 2. The molecule has 31 heavy (non-hydrogen) atoms. The van der Waals surface area contributed by atoms with Crippen molar-refractivity contribution in [3.8, 4) is 5.75 Å². The molecule has 8 heteroatoms. The van der Waals surface area contributed by atoms with Gasteiger partial charge in [-0.25, -0.2) is 0 Å². The zero-order valence-electron chi connectivity index (χ0n) is 16.8. The van der Waals surface area contributed by atoms with E-state index in [9.17, 15) is 14.7 Å². The van der Waals surface area contributed by atoms with E-state index in [0.717, 1.165) is 10.4 Å². The SMILES string of the molecule is COc1c(Cl)cc(C)cc1/C(O)=C1\C(=O)C(=O)N(Cc2cccs2)C1c1ccccn1. The molecule has 0 aliphatic carbocycles. The number of thiophene rings is 1. The average molecular weight is 455 g/mol. The zero-order valence-corrected chi connectivity index (χ0v) is 18.4. The fourth-order valence-electron chi connectivity index (χ4n) is 3.72. The number of aromatic nitrogens is 1. The highest BCUT2D eigenvalue weighted by molar-refractivity contribution is 7.09. The number of hydrogen-bond donors (Lipinski definition) is 1. The second-order valence-corrected chi connectivity index (χ2v) is 8.53. The summed E-state index contributed by atoms with van der Waals surface area (Å²) in [6.07, 6.45) is 1.59. The number of hydrogen-bond acceptors (Lipinski definition) is 6. The fraction of sp³-hybridized carbons (Fsp3) is 0.174. The third-order valence-corrected chi connectivity index (χ3v) is 6.20. The average Bonchev–Trinajstić information content (AvgIpc) is 3.36. The van der Waals surface area contributed by atoms with Crippen molar-refractivity contribution in [3.05, 3.63) is 86.3 Å². The highest BCUT2D eigenvalue weighted by Gasteiger charge is 2.47. The van der Waals surface area contributed by atoms with Crippen LogP contribution in [0.25, 0.3) is 5.76 Å². The number of carbonyl (C=O) groups is 2. The van der Waals surface area contributed by atoms with Crippen LogP contribution in [0.3, 0.4) is 0 Å². The molecule has 0 saturated carbocycles. The van der Waals surface area contributed by atoms with Crippen LogP contribution in [-0.4, -0.2) is 33.8 Å². The maximum Gasteiger partial charge on any atom is 0.296 e. The number of aryl methyl sites for hydroxylation is 1. The predicted octanol–water partition coefficient (Wildman–Crippen LogP) is 4.74. The van der Waals surface area contributed by atoms with E-state index >= 15 is 0 Å². The summed E-state index contributed by atoms with van der Waals surface area (Å²) in [6, 6.07) is 11.5. The number of rotatable bonds is 5. The first-order valence-electron chi connectivity index (χ1n) is 9.48. The highest BCUT2D eigenvalue weighted by atomic mass is 35.5. The van der Waals surface area contributed by atoms with Gasteiger partial charge in [0.1, 0.15) is 17.6 Å². The number of benzene rings is 1. The lowest BCUT2D eigenvalue weighted by Gasteiger charge is -2.24. The summed E-state index contributed by atoms with van der Waals surface area (Å²) >= 11 is 7.78. The van der Waals surface area contributed by atoms with Gasteiger partial charge in [0.25, 0.3) is 11.7 Å². The van der Waals surface area contributed by atoms with Crippen LogP contribution in [0.2, 0.25) is 5.02 Å². The van der Waals surface area contributed by atoms with Gasteiger partial charge in [0.2, 0.25) is 0 Å². The standard InChI is InChI=1S/C23H19ClN2O4S/c1-13-10-15(22(30-2)16(24)11-13)20(27)18-19(17-7-3-4-8-25-17)26(23(29)21(18)28)12-14-6-5-9-31-14/h3-11,19,27H,12H2,1-2H3/b20-18+. The van der Waals surface area contributed by atoms with Gasteiger partial charge in [0.05, 0.1) is 35.5 Å². The van der Waals surface area contributed by atoms with Crippen LogP contribution in [0.4, 0.5) is 0 Å². The van der Waals surface area contributed by atoms with Crippen LogP contribution in [0, 0.1) is 6.92 Å². The van der Waals surface area contributed by atoms with Gasteiger partial charge in [-0.05, 0) is 48.2 Å². The summed E-state index contributed by atoms with van der Waals surface area (Å²) in [6.45, 7) is 2.04. The Balaban J connectivity index is 1.93. The van der Waals surface area contributed by atoms with Crippen LogP contribution < -0.4 is 4.74 Å². The molecule has 3 aromatic rings. The Hall–Kier alpha value is -3.16. The molecule has 1 unspecified atom stereocenters. The molecule has 3 heterocycles. The van der Waals surface area contributed by atoms with Crippen molar-refractivity contribution in [2.24, 2.45) is 0 Å². The third kappa shape index (κ3) is 3.82. The molecule has 1 fully saturated rings. The van der Waals surface area contributed by atoms with E-state index in [2.05, 4.69) is 4.98 Å². The van der Waals surface area contributed by atoms with Crippen LogP contribution >= 0.6 is 22.9 Å². The lowest BCUT2D eigenvalue weighted by atomic mass is 9.97. The van der Waals surface area contributed by atoms with Crippen LogP contribution in [-0.2, 0) is 16.1 Å². The first-order chi connectivity index (χ1) is 14.9. The lowest BCUT2D eigenvalue weighted by Crippen LogP contribution is -2.29. The first kappa shape index (κ1) is 21.1. The molecule has 4 rings (SSSR count). The highest BCUT2D eigenvalue weighted by Crippen LogP contribution is 2.42. The molecule has 6 nitrogen and oxygen atoms in total. The number of aliphatic hydroxyl groups excluding tert-OH is 1. The molecule has 1 saturated heterocycles. The smallest absolute Gasteiger partial charge is 0.296 e. The van der Waals surface area contributed by atoms with E-state index in [4.69, 9.17) is 16.3 Å². The Morgan fingerprint density at radius 2 is 2.06 bits per heavy atom. The van der Waals surface area contributed by atoms with E-state index < -0.39 is 17.7 Å². The first-order valence-corrected chi connectivity index (χ1v) is 10.7. The number of pyridine rings is 1. The van der Waals surface area contributed by atoms with E-state index in [1.165, 1.54) is 23.3 Å². The van der Waals surface area contributed by atoms with Gasteiger partial charge < -0.3 is 14.7 Å². The number of ketones is 1. The van der Waals surface area contributed by atoms with Crippen LogP contribution in [0.15, 0.2) is 59.6 Å². The van der Waals surface area contributed by atoms with Gasteiger partial charge in [-0.2, -0.15) is 0 Å². The quantitative estimate of drug-likeness (QED) is 0.342. The second-order valence-electron chi connectivity index (χ2n) is 7.09. The summed E-state index contributed by atoms with van der Waals surface area (Å²) in [5.41, 5.74) is 1.47. The minimum absolute atomic E-state index is 0.0415. The Morgan fingerprint density at radius 1 is 1.26 bits per heavy atom. The Bertz CT molecular complexity index is 1180. The topological polar surface area (TPSA) is 79.7 Å². The molecule has 1 N–H and O–H groups in total. The van der Waals surface area contributed by atoms with Gasteiger partial charge >= 0.3 is 0 Å². The number of methoxy groups -OCH3 is 1. The molecule has 1 atom stereocenters. The molecule has 0 bridgehead atoms. The number of likely N-dealkylation sites (tertiary alicyclic amines) is 1. The van der Waals surface area contributed by atoms with Gasteiger partial charge in [0, 0.05) is 11.1 Å². The molecule has 1 aromatic carbocycles. The predicted molar refractivity (Wildman–Crippen MR) is 119 cm³/mol. The number of amides is 1. The van der Waals surface area contributed by atoms with E-state index in [0.29, 0.717) is 10.7 Å². The van der Waals surface area contributed by atoms with Gasteiger partial charge in [-0.1, -0.05) is 23.7 Å². The Labute approximate surface area is 188 Å². The van der Waals surface area contributed by atoms with Crippen molar-refractivity contribution in [2.75, 3.05) is 7.11 Å². The minimum Gasteiger partial charge on any atom is -0.507 e. The maximum absolute atomic E-state index is 13.1. The summed E-state index contributed by atoms with van der Waals surface area (Å²) in [4.78, 5) is 32.8. The molecule has 0 radical (unpaired) electrons. The van der Waals surface area contributed by atoms with Gasteiger partial charge in [-0.3, -0.25) is 14.6 Å². The third-order valence-electron chi connectivity index (χ3n) is 5.06. The molecular weight excluding hydrogens is 436 g/mol.